The topological polar surface area (TPSA) is 84.5 Å². The van der Waals surface area contributed by atoms with Crippen molar-refractivity contribution >= 4 is 29.2 Å². The van der Waals surface area contributed by atoms with E-state index in [4.69, 9.17) is 4.74 Å². The lowest BCUT2D eigenvalue weighted by Crippen LogP contribution is -2.12. The molecule has 0 aliphatic rings. The molecule has 0 aromatic heterocycles. The molecule has 2 amide bonds. The monoisotopic (exact) mass is 304 g/mol. The molecule has 0 saturated heterocycles. The summed E-state index contributed by atoms with van der Waals surface area (Å²) in [7, 11) is 0. The number of rotatable bonds is 6. The van der Waals surface area contributed by atoms with E-state index in [1.54, 1.807) is 12.1 Å². The summed E-state index contributed by atoms with van der Waals surface area (Å²) in [5.41, 5.74) is 1.07. The smallest absolute Gasteiger partial charge is 0.338 e. The Balaban J connectivity index is 2.95. The molecule has 0 heterocycles. The quantitative estimate of drug-likeness (QED) is 0.625. The van der Waals surface area contributed by atoms with Gasteiger partial charge in [0.05, 0.1) is 5.56 Å². The molecule has 6 heteroatoms. The number of anilines is 2. The Morgan fingerprint density at radius 3 is 2.00 bits per heavy atom. The lowest BCUT2D eigenvalue weighted by molar-refractivity contribution is -0.115. The van der Waals surface area contributed by atoms with Crippen LogP contribution < -0.4 is 10.6 Å². The molecule has 0 unspecified atom stereocenters. The highest BCUT2D eigenvalue weighted by molar-refractivity contribution is 5.97. The fourth-order valence-electron chi connectivity index (χ4n) is 1.74. The minimum absolute atomic E-state index is 0.173. The Hall–Kier alpha value is -2.63. The third-order valence-electron chi connectivity index (χ3n) is 2.52. The highest BCUT2D eigenvalue weighted by Crippen LogP contribution is 2.20. The fraction of sp³-hybridized carbons (Fsp3) is 0.312. The van der Waals surface area contributed by atoms with Gasteiger partial charge in [0.15, 0.2) is 0 Å². The first-order chi connectivity index (χ1) is 10.4. The van der Waals surface area contributed by atoms with Crippen molar-refractivity contribution in [1.29, 1.82) is 0 Å². The minimum atomic E-state index is -0.528. The summed E-state index contributed by atoms with van der Waals surface area (Å²) in [5.74, 6) is -1.07. The lowest BCUT2D eigenvalue weighted by Gasteiger charge is -2.10. The molecule has 22 heavy (non-hydrogen) atoms. The molecule has 0 aliphatic heterocycles. The Morgan fingerprint density at radius 1 is 1.00 bits per heavy atom. The summed E-state index contributed by atoms with van der Waals surface area (Å²) in [6.07, 6.45) is 4.51. The van der Waals surface area contributed by atoms with Crippen molar-refractivity contribution in [2.45, 2.75) is 27.2 Å². The maximum Gasteiger partial charge on any atom is 0.338 e. The van der Waals surface area contributed by atoms with Crippen LogP contribution in [0.5, 0.6) is 0 Å². The highest BCUT2D eigenvalue weighted by atomic mass is 16.5. The van der Waals surface area contributed by atoms with Crippen LogP contribution in [0.3, 0.4) is 0 Å². The van der Waals surface area contributed by atoms with Crippen molar-refractivity contribution < 1.29 is 19.1 Å². The number of carbonyl (C=O) groups excluding carboxylic acids is 3. The first-order valence-electron chi connectivity index (χ1n) is 6.94. The van der Waals surface area contributed by atoms with Crippen molar-refractivity contribution in [1.82, 2.24) is 0 Å². The Morgan fingerprint density at radius 2 is 1.55 bits per heavy atom. The van der Waals surface area contributed by atoms with Gasteiger partial charge in [0, 0.05) is 25.2 Å². The molecule has 0 bridgehead atoms. The molecule has 6 nitrogen and oxygen atoms in total. The molecule has 0 spiro atoms. The van der Waals surface area contributed by atoms with Gasteiger partial charge in [-0.3, -0.25) is 9.59 Å². The summed E-state index contributed by atoms with van der Waals surface area (Å²) in [6.45, 7) is 4.87. The number of hydrogen-bond donors (Lipinski definition) is 2. The van der Waals surface area contributed by atoms with Crippen molar-refractivity contribution in [3.8, 4) is 0 Å². The lowest BCUT2D eigenvalue weighted by atomic mass is 10.1. The number of amides is 2. The third kappa shape index (κ3) is 6.21. The molecule has 1 aromatic carbocycles. The number of ether oxygens (including phenoxy) is 1. The van der Waals surface area contributed by atoms with Crippen LogP contribution in [0, 0.1) is 0 Å². The molecule has 0 aliphatic carbocycles. The van der Waals surface area contributed by atoms with Crippen LogP contribution in [0.2, 0.25) is 0 Å². The number of carbonyl (C=O) groups is 3. The average molecular weight is 304 g/mol. The van der Waals surface area contributed by atoms with E-state index in [0.717, 1.165) is 6.42 Å². The zero-order valence-corrected chi connectivity index (χ0v) is 12.9. The van der Waals surface area contributed by atoms with Gasteiger partial charge in [0.2, 0.25) is 11.8 Å². The van der Waals surface area contributed by atoms with Crippen molar-refractivity contribution in [2.75, 3.05) is 17.2 Å². The van der Waals surface area contributed by atoms with Gasteiger partial charge in [0.25, 0.3) is 0 Å². The fourth-order valence-corrected chi connectivity index (χ4v) is 1.74. The number of esters is 1. The van der Waals surface area contributed by atoms with E-state index in [2.05, 4.69) is 10.6 Å². The van der Waals surface area contributed by atoms with Crippen molar-refractivity contribution in [2.24, 2.45) is 0 Å². The van der Waals surface area contributed by atoms with Crippen LogP contribution in [0.15, 0.2) is 30.4 Å². The molecule has 0 atom stereocenters. The summed E-state index contributed by atoms with van der Waals surface area (Å²) >= 11 is 0. The van der Waals surface area contributed by atoms with E-state index in [1.165, 1.54) is 26.0 Å². The van der Waals surface area contributed by atoms with E-state index in [1.807, 2.05) is 13.0 Å². The van der Waals surface area contributed by atoms with Crippen LogP contribution >= 0.6 is 0 Å². The molecule has 1 rings (SSSR count). The van der Waals surface area contributed by atoms with Crippen molar-refractivity contribution in [3.05, 3.63) is 35.9 Å². The molecular formula is C16H20N2O4. The Kier molecular flexibility index (Phi) is 6.82. The van der Waals surface area contributed by atoms with Crippen LogP contribution in [0.4, 0.5) is 11.4 Å². The third-order valence-corrected chi connectivity index (χ3v) is 2.52. The largest absolute Gasteiger partial charge is 0.458 e. The van der Waals surface area contributed by atoms with Crippen LogP contribution in [-0.4, -0.2) is 24.4 Å². The zero-order chi connectivity index (χ0) is 16.5. The molecule has 2 N–H and O–H groups in total. The first kappa shape index (κ1) is 17.4. The average Bonchev–Trinajstić information content (AvgIpc) is 2.41. The minimum Gasteiger partial charge on any atom is -0.458 e. The molecule has 0 fully saturated rings. The second kappa shape index (κ2) is 8.61. The number of nitrogens with one attached hydrogen (secondary N) is 2. The van der Waals surface area contributed by atoms with Gasteiger partial charge in [-0.1, -0.05) is 19.1 Å². The van der Waals surface area contributed by atoms with E-state index in [9.17, 15) is 14.4 Å². The van der Waals surface area contributed by atoms with Gasteiger partial charge in [-0.05, 0) is 24.6 Å². The van der Waals surface area contributed by atoms with E-state index >= 15 is 0 Å². The summed E-state index contributed by atoms with van der Waals surface area (Å²) < 4.78 is 5.10. The van der Waals surface area contributed by atoms with Crippen LogP contribution in [0.25, 0.3) is 0 Å². The van der Waals surface area contributed by atoms with E-state index in [0.29, 0.717) is 11.4 Å². The normalized spacial score (nSPS) is 10.3. The Labute approximate surface area is 129 Å². The maximum absolute atomic E-state index is 12.0. The second-order valence-corrected chi connectivity index (χ2v) is 4.64. The SMILES string of the molecule is CC/C=C\COC(=O)c1cc(NC(C)=O)cc(NC(C)=O)c1. The first-order valence-corrected chi connectivity index (χ1v) is 6.94. The van der Waals surface area contributed by atoms with Gasteiger partial charge >= 0.3 is 5.97 Å². The van der Waals surface area contributed by atoms with Gasteiger partial charge in [-0.25, -0.2) is 4.79 Å². The Bertz CT molecular complexity index is 560. The van der Waals surface area contributed by atoms with Crippen LogP contribution in [0.1, 0.15) is 37.6 Å². The molecular weight excluding hydrogens is 284 g/mol. The maximum atomic E-state index is 12.0. The summed E-state index contributed by atoms with van der Waals surface area (Å²) in [6, 6.07) is 4.56. The van der Waals surface area contributed by atoms with Crippen molar-refractivity contribution in [3.63, 3.8) is 0 Å². The molecule has 1 aromatic rings. The molecule has 118 valence electrons. The zero-order valence-electron chi connectivity index (χ0n) is 12.9. The second-order valence-electron chi connectivity index (χ2n) is 4.64. The number of hydrogen-bond acceptors (Lipinski definition) is 4. The summed E-state index contributed by atoms with van der Waals surface area (Å²) in [5, 5.41) is 5.16. The van der Waals surface area contributed by atoms with E-state index in [-0.39, 0.29) is 24.0 Å². The highest BCUT2D eigenvalue weighted by Gasteiger charge is 2.11. The number of benzene rings is 1. The molecule has 0 radical (unpaired) electrons. The predicted octanol–water partition coefficient (Wildman–Crippen LogP) is 2.73. The van der Waals surface area contributed by atoms with Gasteiger partial charge in [-0.2, -0.15) is 0 Å². The van der Waals surface area contributed by atoms with E-state index < -0.39 is 5.97 Å². The van der Waals surface area contributed by atoms with Gasteiger partial charge < -0.3 is 15.4 Å². The van der Waals surface area contributed by atoms with Crippen LogP contribution in [-0.2, 0) is 14.3 Å². The summed E-state index contributed by atoms with van der Waals surface area (Å²) in [4.78, 5) is 34.3. The standard InChI is InChI=1S/C16H20N2O4/c1-4-5-6-7-22-16(21)13-8-14(17-11(2)19)10-15(9-13)18-12(3)20/h5-6,8-10H,4,7H2,1-3H3,(H,17,19)(H,18,20)/b6-5-. The predicted molar refractivity (Wildman–Crippen MR) is 84.8 cm³/mol. The van der Waals surface area contributed by atoms with Gasteiger partial charge in [-0.15, -0.1) is 0 Å². The molecule has 0 saturated carbocycles. The van der Waals surface area contributed by atoms with Gasteiger partial charge in [0.1, 0.15) is 6.61 Å². The number of allylic oxidation sites excluding steroid dienone is 1.